The third kappa shape index (κ3) is 3.07. The first-order valence-corrected chi connectivity index (χ1v) is 9.40. The van der Waals surface area contributed by atoms with Gasteiger partial charge in [0.05, 0.1) is 16.6 Å². The second-order valence-corrected chi connectivity index (χ2v) is 8.71. The van der Waals surface area contributed by atoms with Crippen LogP contribution in [0.5, 0.6) is 0 Å². The number of fused-ring (bicyclic) bond motifs is 1. The minimum Gasteiger partial charge on any atom is -0.383 e. The van der Waals surface area contributed by atoms with E-state index in [1.165, 1.54) is 24.3 Å². The lowest BCUT2D eigenvalue weighted by molar-refractivity contribution is 0.364. The second kappa shape index (κ2) is 5.48. The summed E-state index contributed by atoms with van der Waals surface area (Å²) in [5.74, 6) is -0.0855. The number of aromatic nitrogens is 4. The van der Waals surface area contributed by atoms with Crippen LogP contribution < -0.4 is 5.73 Å². The van der Waals surface area contributed by atoms with Crippen molar-refractivity contribution in [3.8, 4) is 11.3 Å². The summed E-state index contributed by atoms with van der Waals surface area (Å²) in [6.45, 7) is 5.74. The van der Waals surface area contributed by atoms with Crippen molar-refractivity contribution in [3.05, 3.63) is 30.1 Å². The highest BCUT2D eigenvalue weighted by Gasteiger charge is 2.25. The van der Waals surface area contributed by atoms with E-state index in [2.05, 4.69) is 15.1 Å². The Bertz CT molecular complexity index is 1070. The van der Waals surface area contributed by atoms with E-state index in [-0.39, 0.29) is 10.8 Å². The number of nitrogens with zero attached hydrogens (tertiary/aromatic N) is 4. The predicted octanol–water partition coefficient (Wildman–Crippen LogP) is 2.37. The Labute approximate surface area is 144 Å². The van der Waals surface area contributed by atoms with E-state index in [0.717, 1.165) is 6.26 Å². The van der Waals surface area contributed by atoms with Gasteiger partial charge in [-0.2, -0.15) is 4.98 Å². The highest BCUT2D eigenvalue weighted by atomic mass is 32.2. The number of sulfone groups is 1. The summed E-state index contributed by atoms with van der Waals surface area (Å²) in [6, 6.07) is 5.57. The molecule has 0 amide bonds. The molecular weight excluding hydrogens is 345 g/mol. The van der Waals surface area contributed by atoms with E-state index < -0.39 is 21.2 Å². The lowest BCUT2D eigenvalue weighted by Gasteiger charge is -2.20. The van der Waals surface area contributed by atoms with Crippen LogP contribution in [0.25, 0.3) is 22.3 Å². The molecule has 2 N–H and O–H groups in total. The molecule has 0 fully saturated rings. The number of hydrogen-bond acceptors (Lipinski definition) is 6. The molecule has 0 atom stereocenters. The fraction of sp³-hybridized carbons (Fsp3) is 0.312. The Kier molecular flexibility index (Phi) is 3.79. The van der Waals surface area contributed by atoms with Crippen LogP contribution in [0.2, 0.25) is 0 Å². The van der Waals surface area contributed by atoms with Crippen LogP contribution in [-0.2, 0) is 15.4 Å². The van der Waals surface area contributed by atoms with E-state index >= 15 is 0 Å². The first-order valence-electron chi connectivity index (χ1n) is 7.51. The molecule has 0 saturated heterocycles. The fourth-order valence-electron chi connectivity index (χ4n) is 2.49. The van der Waals surface area contributed by atoms with Crippen LogP contribution in [-0.4, -0.2) is 34.4 Å². The summed E-state index contributed by atoms with van der Waals surface area (Å²) >= 11 is 0. The third-order valence-electron chi connectivity index (χ3n) is 3.63. The molecule has 0 aliphatic heterocycles. The van der Waals surface area contributed by atoms with Crippen molar-refractivity contribution in [3.63, 3.8) is 0 Å². The molecule has 0 radical (unpaired) electrons. The molecule has 2 aromatic heterocycles. The maximum absolute atomic E-state index is 13.3. The van der Waals surface area contributed by atoms with E-state index in [4.69, 9.17) is 5.73 Å². The molecular formula is C16H18FN5O2S. The van der Waals surface area contributed by atoms with Crippen LogP contribution in [0.1, 0.15) is 20.8 Å². The second-order valence-electron chi connectivity index (χ2n) is 6.80. The smallest absolute Gasteiger partial charge is 0.249 e. The Hall–Kier alpha value is -2.55. The molecule has 0 saturated carbocycles. The predicted molar refractivity (Wildman–Crippen MR) is 93.2 cm³/mol. The first-order chi connectivity index (χ1) is 11.5. The lowest BCUT2D eigenvalue weighted by Crippen LogP contribution is -2.24. The molecule has 0 aliphatic carbocycles. The maximum Gasteiger partial charge on any atom is 0.249 e. The summed E-state index contributed by atoms with van der Waals surface area (Å²) in [5, 5.41) is 4.45. The van der Waals surface area contributed by atoms with Gasteiger partial charge in [-0.05, 0) is 45.0 Å². The third-order valence-corrected chi connectivity index (χ3v) is 4.48. The molecule has 0 spiro atoms. The van der Waals surface area contributed by atoms with Crippen LogP contribution >= 0.6 is 0 Å². The zero-order chi connectivity index (χ0) is 18.6. The molecule has 25 heavy (non-hydrogen) atoms. The minimum atomic E-state index is -3.66. The number of nitrogens with two attached hydrogens (primary N) is 1. The summed E-state index contributed by atoms with van der Waals surface area (Å²) < 4.78 is 38.7. The van der Waals surface area contributed by atoms with Crippen LogP contribution in [0.15, 0.2) is 29.4 Å². The summed E-state index contributed by atoms with van der Waals surface area (Å²) in [4.78, 5) is 8.23. The molecule has 0 aliphatic rings. The van der Waals surface area contributed by atoms with Gasteiger partial charge < -0.3 is 5.73 Å². The number of halogens is 1. The van der Waals surface area contributed by atoms with Crippen molar-refractivity contribution in [1.82, 2.24) is 19.7 Å². The van der Waals surface area contributed by atoms with Gasteiger partial charge in [0.2, 0.25) is 15.0 Å². The van der Waals surface area contributed by atoms with Crippen LogP contribution in [0.4, 0.5) is 10.2 Å². The van der Waals surface area contributed by atoms with Crippen molar-refractivity contribution >= 4 is 26.7 Å². The summed E-state index contributed by atoms with van der Waals surface area (Å²) in [7, 11) is -3.66. The average molecular weight is 363 g/mol. The molecule has 3 aromatic rings. The van der Waals surface area contributed by atoms with Crippen LogP contribution in [0, 0.1) is 5.82 Å². The quantitative estimate of drug-likeness (QED) is 0.701. The van der Waals surface area contributed by atoms with Gasteiger partial charge in [0.1, 0.15) is 11.6 Å². The van der Waals surface area contributed by atoms with Crippen molar-refractivity contribution in [1.29, 1.82) is 0 Å². The van der Waals surface area contributed by atoms with Gasteiger partial charge in [0.15, 0.2) is 5.65 Å². The maximum atomic E-state index is 13.3. The number of anilines is 1. The van der Waals surface area contributed by atoms with Gasteiger partial charge in [0, 0.05) is 11.8 Å². The Morgan fingerprint density at radius 3 is 2.24 bits per heavy atom. The molecule has 2 heterocycles. The van der Waals surface area contributed by atoms with Crippen LogP contribution in [0.3, 0.4) is 0 Å². The van der Waals surface area contributed by atoms with Gasteiger partial charge in [-0.1, -0.05) is 0 Å². The zero-order valence-corrected chi connectivity index (χ0v) is 15.1. The molecule has 132 valence electrons. The zero-order valence-electron chi connectivity index (χ0n) is 14.3. The number of hydrogen-bond donors (Lipinski definition) is 1. The van der Waals surface area contributed by atoms with E-state index in [1.807, 2.05) is 20.8 Å². The van der Waals surface area contributed by atoms with E-state index in [9.17, 15) is 12.8 Å². The topological polar surface area (TPSA) is 104 Å². The lowest BCUT2D eigenvalue weighted by atomic mass is 10.1. The van der Waals surface area contributed by atoms with Gasteiger partial charge in [0.25, 0.3) is 0 Å². The van der Waals surface area contributed by atoms with Crippen molar-refractivity contribution < 1.29 is 12.8 Å². The molecule has 0 bridgehead atoms. The highest BCUT2D eigenvalue weighted by Crippen LogP contribution is 2.33. The molecule has 9 heteroatoms. The summed E-state index contributed by atoms with van der Waals surface area (Å²) in [5.41, 5.74) is 6.83. The summed E-state index contributed by atoms with van der Waals surface area (Å²) in [6.07, 6.45) is 1.02. The van der Waals surface area contributed by atoms with Gasteiger partial charge in [-0.15, -0.1) is 5.10 Å². The Morgan fingerprint density at radius 1 is 1.12 bits per heavy atom. The molecule has 7 nitrogen and oxygen atoms in total. The Balaban J connectivity index is 2.43. The SMILES string of the molecule is CC(C)(C)n1nc2nc(S(C)(=O)=O)nc(-c3ccc(F)cc3)c2c1N. The normalized spacial score (nSPS) is 12.7. The molecule has 0 unspecified atom stereocenters. The van der Waals surface area contributed by atoms with Gasteiger partial charge in [-0.3, -0.25) is 0 Å². The number of nitrogen functional groups attached to an aromatic ring is 1. The van der Waals surface area contributed by atoms with Crippen molar-refractivity contribution in [2.45, 2.75) is 31.5 Å². The minimum absolute atomic E-state index is 0.183. The van der Waals surface area contributed by atoms with Gasteiger partial charge in [-0.25, -0.2) is 22.5 Å². The van der Waals surface area contributed by atoms with E-state index in [1.54, 1.807) is 4.68 Å². The Morgan fingerprint density at radius 2 is 1.72 bits per heavy atom. The first kappa shape index (κ1) is 17.3. The van der Waals surface area contributed by atoms with Gasteiger partial charge >= 0.3 is 0 Å². The fourth-order valence-corrected chi connectivity index (χ4v) is 2.99. The molecule has 3 rings (SSSR count). The standard InChI is InChI=1S/C16H18FN5O2S/c1-16(2,3)22-13(18)11-12(9-5-7-10(17)8-6-9)19-15(25(4,23)24)20-14(11)21-22/h5-8H,18H2,1-4H3. The number of rotatable bonds is 2. The van der Waals surface area contributed by atoms with Crippen molar-refractivity contribution in [2.75, 3.05) is 12.0 Å². The highest BCUT2D eigenvalue weighted by molar-refractivity contribution is 7.90. The average Bonchev–Trinajstić information content (AvgIpc) is 2.84. The largest absolute Gasteiger partial charge is 0.383 e. The van der Waals surface area contributed by atoms with Crippen molar-refractivity contribution in [2.24, 2.45) is 0 Å². The monoisotopic (exact) mass is 363 g/mol. The van der Waals surface area contributed by atoms with E-state index in [0.29, 0.717) is 22.5 Å². The molecule has 1 aromatic carbocycles. The number of benzene rings is 1.